The van der Waals surface area contributed by atoms with Gasteiger partial charge >= 0.3 is 0 Å². The maximum Gasteiger partial charge on any atom is 0.260 e. The molecule has 0 bridgehead atoms. The molecule has 1 aliphatic rings. The average molecular weight is 389 g/mol. The van der Waals surface area contributed by atoms with Crippen molar-refractivity contribution in [3.63, 3.8) is 0 Å². The van der Waals surface area contributed by atoms with E-state index in [-0.39, 0.29) is 12.5 Å². The zero-order valence-corrected chi connectivity index (χ0v) is 16.0. The molecule has 2 N–H and O–H groups in total. The summed E-state index contributed by atoms with van der Waals surface area (Å²) < 4.78 is 5.76. The molecule has 0 spiro atoms. The van der Waals surface area contributed by atoms with Crippen LogP contribution in [0.3, 0.4) is 0 Å². The van der Waals surface area contributed by atoms with Crippen molar-refractivity contribution < 1.29 is 14.6 Å². The van der Waals surface area contributed by atoms with Gasteiger partial charge in [0, 0.05) is 36.8 Å². The molecule has 3 rings (SSSR count). The summed E-state index contributed by atoms with van der Waals surface area (Å²) in [5, 5.41) is 14.2. The number of carbonyl (C=O) groups excluding carboxylic acids is 1. The lowest BCUT2D eigenvalue weighted by Gasteiger charge is -2.17. The first-order valence-electron chi connectivity index (χ1n) is 9.26. The number of para-hydroxylation sites is 1. The second-order valence-corrected chi connectivity index (χ2v) is 7.12. The monoisotopic (exact) mass is 388 g/mol. The van der Waals surface area contributed by atoms with Crippen molar-refractivity contribution in [3.05, 3.63) is 64.7 Å². The topological polar surface area (TPSA) is 61.8 Å². The van der Waals surface area contributed by atoms with E-state index in [1.807, 2.05) is 41.3 Å². The molecule has 144 valence electrons. The van der Waals surface area contributed by atoms with Crippen molar-refractivity contribution >= 4 is 17.5 Å². The SMILES string of the molecule is O=C(COc1ccccc1CNCC(O)c1ccc(Cl)cc1)N1CCCC1. The molecule has 1 saturated heterocycles. The molecule has 0 saturated carbocycles. The lowest BCUT2D eigenvalue weighted by Crippen LogP contribution is -2.32. The summed E-state index contributed by atoms with van der Waals surface area (Å²) in [4.78, 5) is 14.0. The molecule has 1 heterocycles. The Morgan fingerprint density at radius 1 is 1.15 bits per heavy atom. The fourth-order valence-corrected chi connectivity index (χ4v) is 3.26. The molecule has 2 aromatic rings. The normalized spacial score (nSPS) is 15.0. The van der Waals surface area contributed by atoms with Crippen LogP contribution < -0.4 is 10.1 Å². The third kappa shape index (κ3) is 5.70. The third-order valence-electron chi connectivity index (χ3n) is 4.69. The molecule has 1 amide bonds. The number of ether oxygens (including phenoxy) is 1. The van der Waals surface area contributed by atoms with Gasteiger partial charge in [-0.1, -0.05) is 41.9 Å². The molecule has 0 radical (unpaired) electrons. The van der Waals surface area contributed by atoms with Crippen LogP contribution in [0.5, 0.6) is 5.75 Å². The molecule has 1 aliphatic heterocycles. The maximum absolute atomic E-state index is 12.2. The number of aliphatic hydroxyl groups is 1. The number of halogens is 1. The van der Waals surface area contributed by atoms with Gasteiger partial charge in [0.15, 0.2) is 6.61 Å². The number of hydrogen-bond donors (Lipinski definition) is 2. The summed E-state index contributed by atoms with van der Waals surface area (Å²) in [7, 11) is 0. The largest absolute Gasteiger partial charge is 0.483 e. The lowest BCUT2D eigenvalue weighted by atomic mass is 10.1. The Labute approximate surface area is 164 Å². The highest BCUT2D eigenvalue weighted by atomic mass is 35.5. The second kappa shape index (κ2) is 9.74. The molecule has 5 nitrogen and oxygen atoms in total. The number of rotatable bonds is 8. The van der Waals surface area contributed by atoms with Crippen LogP contribution in [-0.2, 0) is 11.3 Å². The first kappa shape index (κ1) is 19.7. The van der Waals surface area contributed by atoms with Gasteiger partial charge in [-0.2, -0.15) is 0 Å². The highest BCUT2D eigenvalue weighted by molar-refractivity contribution is 6.30. The van der Waals surface area contributed by atoms with Crippen molar-refractivity contribution in [2.45, 2.75) is 25.5 Å². The highest BCUT2D eigenvalue weighted by Crippen LogP contribution is 2.19. The smallest absolute Gasteiger partial charge is 0.260 e. The van der Waals surface area contributed by atoms with E-state index in [0.717, 1.165) is 37.1 Å². The molecule has 1 fully saturated rings. The van der Waals surface area contributed by atoms with Crippen LogP contribution >= 0.6 is 11.6 Å². The van der Waals surface area contributed by atoms with Gasteiger partial charge in [0.1, 0.15) is 5.75 Å². The molecular weight excluding hydrogens is 364 g/mol. The average Bonchev–Trinajstić information content (AvgIpc) is 3.22. The van der Waals surface area contributed by atoms with Crippen LogP contribution in [0.1, 0.15) is 30.1 Å². The molecule has 0 aliphatic carbocycles. The van der Waals surface area contributed by atoms with Crippen LogP contribution in [0.15, 0.2) is 48.5 Å². The zero-order valence-electron chi connectivity index (χ0n) is 15.2. The van der Waals surface area contributed by atoms with Crippen molar-refractivity contribution in [3.8, 4) is 5.75 Å². The first-order valence-corrected chi connectivity index (χ1v) is 9.64. The summed E-state index contributed by atoms with van der Waals surface area (Å²) in [5.41, 5.74) is 1.77. The summed E-state index contributed by atoms with van der Waals surface area (Å²) in [6, 6.07) is 14.8. The summed E-state index contributed by atoms with van der Waals surface area (Å²) in [5.74, 6) is 0.729. The van der Waals surface area contributed by atoms with E-state index in [4.69, 9.17) is 16.3 Å². The van der Waals surface area contributed by atoms with E-state index in [1.165, 1.54) is 0 Å². The number of likely N-dealkylation sites (tertiary alicyclic amines) is 1. The minimum absolute atomic E-state index is 0.0356. The van der Waals surface area contributed by atoms with Gasteiger partial charge in [-0.15, -0.1) is 0 Å². The number of benzene rings is 2. The lowest BCUT2D eigenvalue weighted by molar-refractivity contribution is -0.132. The minimum atomic E-state index is -0.618. The number of nitrogens with zero attached hydrogens (tertiary/aromatic N) is 1. The van der Waals surface area contributed by atoms with Gasteiger partial charge in [0.2, 0.25) is 0 Å². The van der Waals surface area contributed by atoms with Crippen molar-refractivity contribution in [2.75, 3.05) is 26.2 Å². The van der Waals surface area contributed by atoms with Crippen LogP contribution in [0, 0.1) is 0 Å². The molecule has 1 atom stereocenters. The van der Waals surface area contributed by atoms with Crippen molar-refractivity contribution in [1.29, 1.82) is 0 Å². The first-order chi connectivity index (χ1) is 13.1. The van der Waals surface area contributed by atoms with Crippen LogP contribution in [-0.4, -0.2) is 42.2 Å². The van der Waals surface area contributed by atoms with Gasteiger partial charge in [-0.3, -0.25) is 4.79 Å². The number of aliphatic hydroxyl groups excluding tert-OH is 1. The predicted octanol–water partition coefficient (Wildman–Crippen LogP) is 3.16. The predicted molar refractivity (Wildman–Crippen MR) is 106 cm³/mol. The molecule has 2 aromatic carbocycles. The van der Waals surface area contributed by atoms with Gasteiger partial charge in [-0.25, -0.2) is 0 Å². The van der Waals surface area contributed by atoms with Gasteiger partial charge in [0.25, 0.3) is 5.91 Å². The molecule has 1 unspecified atom stereocenters. The number of carbonyl (C=O) groups is 1. The van der Waals surface area contributed by atoms with E-state index in [2.05, 4.69) is 5.32 Å². The van der Waals surface area contributed by atoms with E-state index in [0.29, 0.717) is 23.9 Å². The van der Waals surface area contributed by atoms with Crippen LogP contribution in [0.4, 0.5) is 0 Å². The van der Waals surface area contributed by atoms with E-state index >= 15 is 0 Å². The van der Waals surface area contributed by atoms with E-state index in [1.54, 1.807) is 12.1 Å². The van der Waals surface area contributed by atoms with Crippen LogP contribution in [0.2, 0.25) is 5.02 Å². The number of hydrogen-bond acceptors (Lipinski definition) is 4. The Morgan fingerprint density at radius 2 is 1.85 bits per heavy atom. The van der Waals surface area contributed by atoms with Crippen molar-refractivity contribution in [1.82, 2.24) is 10.2 Å². The Balaban J connectivity index is 1.49. The number of nitrogens with one attached hydrogen (secondary N) is 1. The minimum Gasteiger partial charge on any atom is -0.483 e. The van der Waals surface area contributed by atoms with E-state index in [9.17, 15) is 9.90 Å². The van der Waals surface area contributed by atoms with Gasteiger partial charge < -0.3 is 20.1 Å². The Bertz CT molecular complexity index is 745. The Hall–Kier alpha value is -2.08. The maximum atomic E-state index is 12.2. The van der Waals surface area contributed by atoms with Gasteiger partial charge in [-0.05, 0) is 36.6 Å². The fraction of sp³-hybridized carbons (Fsp3) is 0.381. The fourth-order valence-electron chi connectivity index (χ4n) is 3.13. The number of amides is 1. The summed E-state index contributed by atoms with van der Waals surface area (Å²) in [6.45, 7) is 2.66. The van der Waals surface area contributed by atoms with Crippen molar-refractivity contribution in [2.24, 2.45) is 0 Å². The zero-order chi connectivity index (χ0) is 19.1. The molecule has 27 heavy (non-hydrogen) atoms. The van der Waals surface area contributed by atoms with Gasteiger partial charge in [0.05, 0.1) is 6.10 Å². The highest BCUT2D eigenvalue weighted by Gasteiger charge is 2.18. The third-order valence-corrected chi connectivity index (χ3v) is 4.94. The molecular formula is C21H25ClN2O3. The quantitative estimate of drug-likeness (QED) is 0.729. The molecule has 0 aromatic heterocycles. The summed E-state index contributed by atoms with van der Waals surface area (Å²) in [6.07, 6.45) is 1.52. The Morgan fingerprint density at radius 3 is 2.59 bits per heavy atom. The summed E-state index contributed by atoms with van der Waals surface area (Å²) >= 11 is 5.87. The Kier molecular flexibility index (Phi) is 7.10. The van der Waals surface area contributed by atoms with E-state index < -0.39 is 6.10 Å². The standard InChI is InChI=1S/C21H25ClN2O3/c22-18-9-7-16(8-10-18)19(25)14-23-13-17-5-1-2-6-20(17)27-15-21(26)24-11-3-4-12-24/h1-2,5-10,19,23,25H,3-4,11-15H2. The van der Waals surface area contributed by atoms with Crippen LogP contribution in [0.25, 0.3) is 0 Å². The molecule has 6 heteroatoms. The second-order valence-electron chi connectivity index (χ2n) is 6.68.